The first kappa shape index (κ1) is 19.1. The number of phenolic OH excluding ortho intramolecular Hbond substituents is 1. The summed E-state index contributed by atoms with van der Waals surface area (Å²) in [6.07, 6.45) is 0. The molecule has 30 heavy (non-hydrogen) atoms. The first-order valence-corrected chi connectivity index (χ1v) is 9.23. The lowest BCUT2D eigenvalue weighted by molar-refractivity contribution is -0.384. The second-order valence-electron chi connectivity index (χ2n) is 6.79. The van der Waals surface area contributed by atoms with Crippen LogP contribution in [0.2, 0.25) is 0 Å². The average Bonchev–Trinajstić information content (AvgIpc) is 3.08. The minimum absolute atomic E-state index is 0.0398. The third kappa shape index (κ3) is 3.58. The van der Waals surface area contributed by atoms with Crippen LogP contribution in [0.5, 0.6) is 5.75 Å². The number of imidazole rings is 1. The van der Waals surface area contributed by atoms with Gasteiger partial charge in [-0.25, -0.2) is 4.98 Å². The summed E-state index contributed by atoms with van der Waals surface area (Å²) in [7, 11) is 0. The molecule has 0 atom stereocenters. The van der Waals surface area contributed by atoms with Crippen LogP contribution < -0.4 is 5.32 Å². The molecule has 1 amide bonds. The summed E-state index contributed by atoms with van der Waals surface area (Å²) >= 11 is 0. The molecule has 0 unspecified atom stereocenters. The lowest BCUT2D eigenvalue weighted by Crippen LogP contribution is -2.22. The van der Waals surface area contributed by atoms with Gasteiger partial charge in [-0.15, -0.1) is 0 Å². The minimum Gasteiger partial charge on any atom is -0.508 e. The number of phenols is 1. The highest BCUT2D eigenvalue weighted by atomic mass is 16.6. The van der Waals surface area contributed by atoms with Crippen LogP contribution in [-0.2, 0) is 6.54 Å². The lowest BCUT2D eigenvalue weighted by atomic mass is 10.1. The van der Waals surface area contributed by atoms with E-state index >= 15 is 0 Å². The molecule has 4 aromatic rings. The SMILES string of the molecule is Cc1nc2cc(C(=O)NCc3cc([N+](=O)[O-])ccc3O)ccc2n1-c1ccccc1. The molecule has 0 spiro atoms. The van der Waals surface area contributed by atoms with Crippen LogP contribution in [-0.4, -0.2) is 25.5 Å². The van der Waals surface area contributed by atoms with E-state index in [4.69, 9.17) is 0 Å². The fraction of sp³-hybridized carbons (Fsp3) is 0.0909. The smallest absolute Gasteiger partial charge is 0.270 e. The van der Waals surface area contributed by atoms with E-state index in [1.54, 1.807) is 12.1 Å². The quantitative estimate of drug-likeness (QED) is 0.389. The molecular formula is C22H18N4O4. The second-order valence-corrected chi connectivity index (χ2v) is 6.79. The van der Waals surface area contributed by atoms with Crippen molar-refractivity contribution < 1.29 is 14.8 Å². The summed E-state index contributed by atoms with van der Waals surface area (Å²) < 4.78 is 2.01. The Labute approximate surface area is 171 Å². The van der Waals surface area contributed by atoms with E-state index in [1.807, 2.05) is 47.9 Å². The Kier molecular flexibility index (Phi) is 4.89. The van der Waals surface area contributed by atoms with Crippen LogP contribution in [0.15, 0.2) is 66.7 Å². The average molecular weight is 402 g/mol. The van der Waals surface area contributed by atoms with E-state index in [-0.39, 0.29) is 29.5 Å². The van der Waals surface area contributed by atoms with E-state index in [1.165, 1.54) is 18.2 Å². The molecule has 8 nitrogen and oxygen atoms in total. The highest BCUT2D eigenvalue weighted by Crippen LogP contribution is 2.24. The number of carbonyl (C=O) groups excluding carboxylic acids is 1. The summed E-state index contributed by atoms with van der Waals surface area (Å²) in [5.41, 5.74) is 3.07. The van der Waals surface area contributed by atoms with Crippen molar-refractivity contribution in [1.29, 1.82) is 0 Å². The summed E-state index contributed by atoms with van der Waals surface area (Å²) in [5, 5.41) is 23.5. The van der Waals surface area contributed by atoms with E-state index in [9.17, 15) is 20.0 Å². The molecule has 150 valence electrons. The summed E-state index contributed by atoms with van der Waals surface area (Å²) in [6.45, 7) is 1.86. The first-order chi connectivity index (χ1) is 14.4. The van der Waals surface area contributed by atoms with Gasteiger partial charge in [-0.3, -0.25) is 19.5 Å². The van der Waals surface area contributed by atoms with Gasteiger partial charge in [0.25, 0.3) is 11.6 Å². The molecule has 0 bridgehead atoms. The van der Waals surface area contributed by atoms with E-state index in [2.05, 4.69) is 10.3 Å². The van der Waals surface area contributed by atoms with Crippen molar-refractivity contribution in [3.05, 3.63) is 93.8 Å². The van der Waals surface area contributed by atoms with Crippen LogP contribution in [0.1, 0.15) is 21.7 Å². The number of nitro benzene ring substituents is 1. The van der Waals surface area contributed by atoms with Crippen molar-refractivity contribution in [1.82, 2.24) is 14.9 Å². The zero-order valence-electron chi connectivity index (χ0n) is 16.1. The zero-order chi connectivity index (χ0) is 21.3. The fourth-order valence-corrected chi connectivity index (χ4v) is 3.35. The Morgan fingerprint density at radius 3 is 2.63 bits per heavy atom. The normalized spacial score (nSPS) is 10.8. The molecule has 0 saturated carbocycles. The number of non-ortho nitro benzene ring substituents is 1. The van der Waals surface area contributed by atoms with Crippen molar-refractivity contribution in [2.45, 2.75) is 13.5 Å². The van der Waals surface area contributed by atoms with Gasteiger partial charge in [0.1, 0.15) is 11.6 Å². The minimum atomic E-state index is -0.552. The number of aryl methyl sites for hydroxylation is 1. The number of aromatic nitrogens is 2. The van der Waals surface area contributed by atoms with Crippen molar-refractivity contribution >= 4 is 22.6 Å². The van der Waals surface area contributed by atoms with E-state index in [0.717, 1.165) is 17.0 Å². The Bertz CT molecular complexity index is 1270. The highest BCUT2D eigenvalue weighted by Gasteiger charge is 2.14. The lowest BCUT2D eigenvalue weighted by Gasteiger charge is -2.08. The Hall–Kier alpha value is -4.20. The zero-order valence-corrected chi connectivity index (χ0v) is 16.1. The monoisotopic (exact) mass is 402 g/mol. The summed E-state index contributed by atoms with van der Waals surface area (Å²) in [6, 6.07) is 18.7. The highest BCUT2D eigenvalue weighted by molar-refractivity contribution is 5.97. The van der Waals surface area contributed by atoms with Crippen molar-refractivity contribution in [2.75, 3.05) is 0 Å². The number of nitrogens with one attached hydrogen (secondary N) is 1. The van der Waals surface area contributed by atoms with Crippen molar-refractivity contribution in [2.24, 2.45) is 0 Å². The molecular weight excluding hydrogens is 384 g/mol. The number of nitrogens with zero attached hydrogens (tertiary/aromatic N) is 3. The largest absolute Gasteiger partial charge is 0.508 e. The number of hydrogen-bond donors (Lipinski definition) is 2. The number of aromatic hydroxyl groups is 1. The molecule has 0 saturated heterocycles. The molecule has 0 aliphatic heterocycles. The van der Waals surface area contributed by atoms with Crippen LogP contribution in [0, 0.1) is 17.0 Å². The van der Waals surface area contributed by atoms with Crippen LogP contribution >= 0.6 is 0 Å². The predicted octanol–water partition coefficient (Wildman–Crippen LogP) is 3.88. The third-order valence-electron chi connectivity index (χ3n) is 4.81. The Morgan fingerprint density at radius 1 is 1.13 bits per heavy atom. The van der Waals surface area contributed by atoms with Gasteiger partial charge in [-0.2, -0.15) is 0 Å². The number of nitro groups is 1. The van der Waals surface area contributed by atoms with Crippen LogP contribution in [0.3, 0.4) is 0 Å². The fourth-order valence-electron chi connectivity index (χ4n) is 3.35. The molecule has 2 N–H and O–H groups in total. The van der Waals surface area contributed by atoms with Crippen LogP contribution in [0.25, 0.3) is 16.7 Å². The number of rotatable bonds is 5. The van der Waals surface area contributed by atoms with Crippen molar-refractivity contribution in [3.63, 3.8) is 0 Å². The number of amides is 1. The maximum atomic E-state index is 12.6. The molecule has 0 radical (unpaired) electrons. The topological polar surface area (TPSA) is 110 Å². The molecule has 0 fully saturated rings. The van der Waals surface area contributed by atoms with Gasteiger partial charge < -0.3 is 10.4 Å². The maximum Gasteiger partial charge on any atom is 0.270 e. The predicted molar refractivity (Wildman–Crippen MR) is 112 cm³/mol. The van der Waals surface area contributed by atoms with Gasteiger partial charge in [0, 0.05) is 35.5 Å². The molecule has 4 rings (SSSR count). The second kappa shape index (κ2) is 7.67. The van der Waals surface area contributed by atoms with Crippen LogP contribution in [0.4, 0.5) is 5.69 Å². The number of benzene rings is 3. The standard InChI is InChI=1S/C22H18N4O4/c1-14-24-19-12-15(7-9-20(19)25(14)17-5-3-2-4-6-17)22(28)23-13-16-11-18(26(29)30)8-10-21(16)27/h2-12,27H,13H2,1H3,(H,23,28). The number of carbonyl (C=O) groups is 1. The Morgan fingerprint density at radius 2 is 1.90 bits per heavy atom. The van der Waals surface area contributed by atoms with Gasteiger partial charge in [-0.1, -0.05) is 18.2 Å². The molecule has 0 aliphatic carbocycles. The first-order valence-electron chi connectivity index (χ1n) is 9.23. The summed E-state index contributed by atoms with van der Waals surface area (Å²) in [4.78, 5) is 27.5. The summed E-state index contributed by atoms with van der Waals surface area (Å²) in [5.74, 6) is 0.318. The molecule has 1 aromatic heterocycles. The van der Waals surface area contributed by atoms with Gasteiger partial charge in [0.15, 0.2) is 0 Å². The Balaban J connectivity index is 1.58. The van der Waals surface area contributed by atoms with Gasteiger partial charge >= 0.3 is 0 Å². The molecule has 1 heterocycles. The van der Waals surface area contributed by atoms with Gasteiger partial charge in [0.2, 0.25) is 0 Å². The molecule has 8 heteroatoms. The third-order valence-corrected chi connectivity index (χ3v) is 4.81. The van der Waals surface area contributed by atoms with E-state index < -0.39 is 4.92 Å². The number of hydrogen-bond acceptors (Lipinski definition) is 5. The van der Waals surface area contributed by atoms with Gasteiger partial charge in [0.05, 0.1) is 16.0 Å². The maximum absolute atomic E-state index is 12.6. The number of para-hydroxylation sites is 1. The number of fused-ring (bicyclic) bond motifs is 1. The molecule has 3 aromatic carbocycles. The van der Waals surface area contributed by atoms with Crippen molar-refractivity contribution in [3.8, 4) is 11.4 Å². The van der Waals surface area contributed by atoms with Gasteiger partial charge in [-0.05, 0) is 43.3 Å². The van der Waals surface area contributed by atoms with E-state index in [0.29, 0.717) is 11.1 Å². The molecule has 0 aliphatic rings.